The van der Waals surface area contributed by atoms with Crippen molar-refractivity contribution in [2.75, 3.05) is 52.9 Å². The molecule has 0 saturated heterocycles. The molecule has 0 spiro atoms. The molecule has 0 rings (SSSR count). The third-order valence-electron chi connectivity index (χ3n) is 6.17. The third kappa shape index (κ3) is 19.4. The van der Waals surface area contributed by atoms with Crippen molar-refractivity contribution < 1.29 is 57.0 Å². The molecule has 0 aromatic carbocycles. The molecular weight excluding hydrogens is 602 g/mol. The fourth-order valence-corrected chi connectivity index (χ4v) is 4.01. The van der Waals surface area contributed by atoms with E-state index in [4.69, 9.17) is 53.1 Å². The van der Waals surface area contributed by atoms with Gasteiger partial charge in [0, 0.05) is 19.6 Å². The van der Waals surface area contributed by atoms with Crippen molar-refractivity contribution in [1.82, 2.24) is 0 Å². The molecule has 0 aliphatic rings. The lowest BCUT2D eigenvalue weighted by molar-refractivity contribution is -0.398. The summed E-state index contributed by atoms with van der Waals surface area (Å²) in [7, 11) is 0. The second kappa shape index (κ2) is 27.5. The molecule has 0 heterocycles. The van der Waals surface area contributed by atoms with E-state index in [9.17, 15) is 9.59 Å². The van der Waals surface area contributed by atoms with Crippen molar-refractivity contribution in [3.05, 3.63) is 0 Å². The molecule has 0 saturated carbocycles. The summed E-state index contributed by atoms with van der Waals surface area (Å²) < 4.78 is 58.6. The van der Waals surface area contributed by atoms with Crippen LogP contribution < -0.4 is 5.73 Å². The minimum atomic E-state index is -1.44. The topological polar surface area (TPSA) is 152 Å². The fourth-order valence-electron chi connectivity index (χ4n) is 4.01. The number of carbonyl (C=O) groups is 2. The number of nitrogens with two attached hydrogens (primary N) is 1. The van der Waals surface area contributed by atoms with Crippen molar-refractivity contribution >= 4 is 11.9 Å². The van der Waals surface area contributed by atoms with E-state index in [2.05, 4.69) is 0 Å². The minimum absolute atomic E-state index is 0.0127. The van der Waals surface area contributed by atoms with Gasteiger partial charge in [-0.25, -0.2) is 0 Å². The number of hydrogen-bond donors (Lipinski definition) is 1. The quantitative estimate of drug-likeness (QED) is 0.0705. The Kier molecular flexibility index (Phi) is 26.7. The van der Waals surface area contributed by atoms with E-state index in [1.165, 1.54) is 0 Å². The molecule has 0 fully saturated rings. The predicted octanol–water partition coefficient (Wildman–Crippen LogP) is 5.55. The number of ether oxygens (including phenoxy) is 10. The van der Waals surface area contributed by atoms with Crippen LogP contribution in [0.3, 0.4) is 0 Å². The van der Waals surface area contributed by atoms with Gasteiger partial charge in [-0.05, 0) is 58.8 Å². The Morgan fingerprint density at radius 2 is 0.870 bits per heavy atom. The molecule has 3 atom stereocenters. The maximum atomic E-state index is 13.0. The Morgan fingerprint density at radius 1 is 0.543 bits per heavy atom. The van der Waals surface area contributed by atoms with Gasteiger partial charge in [0.2, 0.25) is 12.6 Å². The lowest BCUT2D eigenvalue weighted by Gasteiger charge is -2.35. The predicted molar refractivity (Wildman–Crippen MR) is 172 cm³/mol. The van der Waals surface area contributed by atoms with E-state index >= 15 is 0 Å². The van der Waals surface area contributed by atoms with E-state index in [1.807, 2.05) is 41.5 Å². The average molecular weight is 668 g/mol. The summed E-state index contributed by atoms with van der Waals surface area (Å²) in [6.07, 6.45) is 2.21. The molecule has 46 heavy (non-hydrogen) atoms. The monoisotopic (exact) mass is 667 g/mol. The van der Waals surface area contributed by atoms with Crippen LogP contribution in [-0.2, 0) is 57.0 Å². The maximum Gasteiger partial charge on any atom is 0.325 e. The normalized spacial score (nSPS) is 14.2. The van der Waals surface area contributed by atoms with Crippen LogP contribution in [0.15, 0.2) is 0 Å². The first-order valence-electron chi connectivity index (χ1n) is 17.4. The fraction of sp³-hybridized carbons (Fsp3) is 0.939. The Balaban J connectivity index is 5.48. The van der Waals surface area contributed by atoms with Crippen LogP contribution in [0.1, 0.15) is 120 Å². The molecular formula is C33H65NO12. The van der Waals surface area contributed by atoms with Gasteiger partial charge in [-0.2, -0.15) is 0 Å². The molecule has 0 aromatic rings. The highest BCUT2D eigenvalue weighted by atomic mass is 16.9. The molecule has 13 nitrogen and oxygen atoms in total. The van der Waals surface area contributed by atoms with E-state index < -0.39 is 42.5 Å². The number of esters is 2. The molecule has 0 aliphatic carbocycles. The first-order chi connectivity index (χ1) is 22.1. The first-order valence-corrected chi connectivity index (χ1v) is 17.4. The Morgan fingerprint density at radius 3 is 1.17 bits per heavy atom. The summed E-state index contributed by atoms with van der Waals surface area (Å²) in [5.74, 6) is -4.21. The van der Waals surface area contributed by atoms with Crippen LogP contribution in [0.2, 0.25) is 0 Å². The van der Waals surface area contributed by atoms with Gasteiger partial charge in [0.05, 0.1) is 52.5 Å². The molecule has 274 valence electrons. The lowest BCUT2D eigenvalue weighted by Crippen LogP contribution is -2.46. The van der Waals surface area contributed by atoms with Crippen LogP contribution in [0.5, 0.6) is 0 Å². The van der Waals surface area contributed by atoms with Crippen LogP contribution in [0.25, 0.3) is 0 Å². The largest absolute Gasteiger partial charge is 0.435 e. The number of hydrogen-bond acceptors (Lipinski definition) is 13. The Hall–Kier alpha value is -1.42. The molecule has 2 unspecified atom stereocenters. The molecule has 0 amide bonds. The molecule has 0 aliphatic heterocycles. The van der Waals surface area contributed by atoms with Crippen LogP contribution in [-0.4, -0.2) is 95.4 Å². The van der Waals surface area contributed by atoms with Gasteiger partial charge in [-0.15, -0.1) is 0 Å². The van der Waals surface area contributed by atoms with Crippen LogP contribution in [0, 0.1) is 0 Å². The van der Waals surface area contributed by atoms with Crippen molar-refractivity contribution in [1.29, 1.82) is 0 Å². The smallest absolute Gasteiger partial charge is 0.325 e. The minimum Gasteiger partial charge on any atom is -0.435 e. The van der Waals surface area contributed by atoms with Gasteiger partial charge < -0.3 is 53.1 Å². The number of carbonyl (C=O) groups excluding carboxylic acids is 2. The molecule has 13 heteroatoms. The number of rotatable bonds is 32. The van der Waals surface area contributed by atoms with Gasteiger partial charge in [0.15, 0.2) is 0 Å². The standard InChI is InChI=1S/C33H65NO12/c1-9-19-39-32(40-20-10-2,41-21-11-3)25-29(37-15-7)45-28(35)18-17-27(34)31(36)46-30(38-16-8)26-33(42-22-12-4,43-23-13-5)44-24-14-6/h27,29-30H,9-26,34H2,1-8H3/t27-,29?,30?/m0/s1. The summed E-state index contributed by atoms with van der Waals surface area (Å²) >= 11 is 0. The summed E-state index contributed by atoms with van der Waals surface area (Å²) in [6.45, 7) is 18.3. The van der Waals surface area contributed by atoms with Crippen molar-refractivity contribution in [3.63, 3.8) is 0 Å². The Bertz CT molecular complexity index is 713. The van der Waals surface area contributed by atoms with Crippen molar-refractivity contribution in [2.24, 2.45) is 5.73 Å². The summed E-state index contributed by atoms with van der Waals surface area (Å²) in [5, 5.41) is 0. The van der Waals surface area contributed by atoms with E-state index in [0.717, 1.165) is 38.5 Å². The highest BCUT2D eigenvalue weighted by Gasteiger charge is 2.40. The second-order valence-electron chi connectivity index (χ2n) is 10.7. The van der Waals surface area contributed by atoms with Crippen molar-refractivity contribution in [2.45, 2.75) is 150 Å². The lowest BCUT2D eigenvalue weighted by atomic mass is 10.1. The highest BCUT2D eigenvalue weighted by Crippen LogP contribution is 2.27. The summed E-state index contributed by atoms with van der Waals surface area (Å²) in [5.41, 5.74) is 6.15. The van der Waals surface area contributed by atoms with Gasteiger partial charge in [-0.3, -0.25) is 9.59 Å². The maximum absolute atomic E-state index is 13.0. The van der Waals surface area contributed by atoms with Gasteiger partial charge >= 0.3 is 11.9 Å². The van der Waals surface area contributed by atoms with E-state index in [1.54, 1.807) is 13.8 Å². The van der Waals surface area contributed by atoms with Gasteiger partial charge in [0.25, 0.3) is 11.9 Å². The van der Waals surface area contributed by atoms with Gasteiger partial charge in [-0.1, -0.05) is 41.5 Å². The second-order valence-corrected chi connectivity index (χ2v) is 10.7. The first kappa shape index (κ1) is 44.6. The zero-order chi connectivity index (χ0) is 34.7. The summed E-state index contributed by atoms with van der Waals surface area (Å²) in [6, 6.07) is -1.12. The molecule has 0 radical (unpaired) electrons. The molecule has 0 aromatic heterocycles. The zero-order valence-corrected chi connectivity index (χ0v) is 29.9. The molecule has 0 bridgehead atoms. The third-order valence-corrected chi connectivity index (χ3v) is 6.17. The SMILES string of the molecule is CCCOC(CC(OCC)OC(=O)CC[C@H](N)C(=O)OC(CC(OCCC)(OCCC)OCCC)OCC)(OCCC)OCCC. The van der Waals surface area contributed by atoms with E-state index in [0.29, 0.717) is 39.6 Å². The molecule has 2 N–H and O–H groups in total. The highest BCUT2D eigenvalue weighted by molar-refractivity contribution is 5.77. The zero-order valence-electron chi connectivity index (χ0n) is 29.9. The van der Waals surface area contributed by atoms with Gasteiger partial charge in [0.1, 0.15) is 6.04 Å². The summed E-state index contributed by atoms with van der Waals surface area (Å²) in [4.78, 5) is 25.9. The van der Waals surface area contributed by atoms with Crippen LogP contribution in [0.4, 0.5) is 0 Å². The average Bonchev–Trinajstić information content (AvgIpc) is 3.04. The van der Waals surface area contributed by atoms with Crippen LogP contribution >= 0.6 is 0 Å². The Labute approximate surface area is 277 Å². The van der Waals surface area contributed by atoms with E-state index in [-0.39, 0.29) is 38.9 Å². The van der Waals surface area contributed by atoms with Crippen molar-refractivity contribution in [3.8, 4) is 0 Å².